The minimum Gasteiger partial charge on any atom is -0.342 e. The number of nitrogens with zero attached hydrogens (tertiary/aromatic N) is 1. The average molecular weight is 309 g/mol. The van der Waals surface area contributed by atoms with Gasteiger partial charge >= 0.3 is 0 Å². The Morgan fingerprint density at radius 3 is 2.53 bits per heavy atom. The second-order valence-corrected chi connectivity index (χ2v) is 6.00. The summed E-state index contributed by atoms with van der Waals surface area (Å²) >= 11 is 5.70. The zero-order valence-corrected chi connectivity index (χ0v) is 12.1. The van der Waals surface area contributed by atoms with Gasteiger partial charge < -0.3 is 4.90 Å². The maximum Gasteiger partial charge on any atom is 0.256 e. The second kappa shape index (κ2) is 5.85. The zero-order chi connectivity index (χ0) is 14.8. The lowest BCUT2D eigenvalue weighted by Gasteiger charge is -2.17. The van der Waals surface area contributed by atoms with Gasteiger partial charge in [0.15, 0.2) is 5.82 Å². The maximum absolute atomic E-state index is 14.0. The molecule has 0 saturated heterocycles. The van der Waals surface area contributed by atoms with Crippen molar-refractivity contribution in [2.75, 3.05) is 13.6 Å². The molecule has 0 fully saturated rings. The lowest BCUT2D eigenvalue weighted by atomic mass is 10.2. The molecule has 5 nitrogen and oxygen atoms in total. The van der Waals surface area contributed by atoms with Crippen LogP contribution in [-0.2, 0) is 10.0 Å². The minimum absolute atomic E-state index is 0.0707. The Labute approximate surface area is 116 Å². The van der Waals surface area contributed by atoms with Crippen LogP contribution in [0, 0.1) is 5.82 Å². The number of rotatable bonds is 4. The van der Waals surface area contributed by atoms with Crippen molar-refractivity contribution in [1.82, 2.24) is 4.90 Å². The number of hydrogen-bond donors (Lipinski definition) is 1. The lowest BCUT2D eigenvalue weighted by Crippen LogP contribution is -2.29. The highest BCUT2D eigenvalue weighted by atomic mass is 35.5. The van der Waals surface area contributed by atoms with Gasteiger partial charge in [-0.05, 0) is 18.6 Å². The van der Waals surface area contributed by atoms with Gasteiger partial charge in [-0.2, -0.15) is 0 Å². The molecule has 2 N–H and O–H groups in total. The molecule has 0 aliphatic heterocycles. The van der Waals surface area contributed by atoms with E-state index >= 15 is 0 Å². The van der Waals surface area contributed by atoms with E-state index < -0.39 is 32.2 Å². The van der Waals surface area contributed by atoms with Crippen molar-refractivity contribution in [3.63, 3.8) is 0 Å². The van der Waals surface area contributed by atoms with Crippen LogP contribution in [0.1, 0.15) is 23.7 Å². The van der Waals surface area contributed by atoms with Crippen molar-refractivity contribution in [2.24, 2.45) is 5.14 Å². The third-order valence-electron chi connectivity index (χ3n) is 2.45. The van der Waals surface area contributed by atoms with Gasteiger partial charge in [0, 0.05) is 18.6 Å². The number of carbonyl (C=O) groups is 1. The highest BCUT2D eigenvalue weighted by Crippen LogP contribution is 2.23. The van der Waals surface area contributed by atoms with Crippen LogP contribution < -0.4 is 5.14 Å². The third-order valence-corrected chi connectivity index (χ3v) is 3.57. The van der Waals surface area contributed by atoms with Crippen LogP contribution in [0.15, 0.2) is 17.0 Å². The Morgan fingerprint density at radius 1 is 1.47 bits per heavy atom. The monoisotopic (exact) mass is 308 g/mol. The fourth-order valence-electron chi connectivity index (χ4n) is 1.57. The van der Waals surface area contributed by atoms with Crippen LogP contribution in [-0.4, -0.2) is 32.8 Å². The Bertz CT molecular complexity index is 604. The molecule has 0 aromatic heterocycles. The van der Waals surface area contributed by atoms with Crippen molar-refractivity contribution in [3.8, 4) is 0 Å². The molecule has 8 heteroatoms. The predicted molar refractivity (Wildman–Crippen MR) is 70.0 cm³/mol. The fraction of sp³-hybridized carbons (Fsp3) is 0.364. The summed E-state index contributed by atoms with van der Waals surface area (Å²) < 4.78 is 36.5. The Balaban J connectivity index is 3.38. The smallest absolute Gasteiger partial charge is 0.256 e. The molecule has 1 rings (SSSR count). The van der Waals surface area contributed by atoms with Gasteiger partial charge in [-0.3, -0.25) is 4.79 Å². The Kier molecular flexibility index (Phi) is 4.89. The van der Waals surface area contributed by atoms with E-state index in [2.05, 4.69) is 0 Å². The zero-order valence-electron chi connectivity index (χ0n) is 10.5. The summed E-state index contributed by atoms with van der Waals surface area (Å²) in [5.41, 5.74) is -0.410. The molecular formula is C11H14ClFN2O3S. The normalized spacial score (nSPS) is 11.4. The van der Waals surface area contributed by atoms with E-state index in [1.807, 2.05) is 6.92 Å². The largest absolute Gasteiger partial charge is 0.342 e. The van der Waals surface area contributed by atoms with Gasteiger partial charge in [0.2, 0.25) is 10.0 Å². The number of primary sulfonamides is 1. The number of benzene rings is 1. The first kappa shape index (κ1) is 15.9. The van der Waals surface area contributed by atoms with Crippen LogP contribution in [0.2, 0.25) is 5.02 Å². The topological polar surface area (TPSA) is 80.5 Å². The van der Waals surface area contributed by atoms with Crippen LogP contribution in [0.25, 0.3) is 0 Å². The summed E-state index contributed by atoms with van der Waals surface area (Å²) in [6, 6.07) is 1.96. The van der Waals surface area contributed by atoms with Crippen molar-refractivity contribution in [3.05, 3.63) is 28.5 Å². The first-order valence-corrected chi connectivity index (χ1v) is 7.38. The molecule has 0 saturated carbocycles. The molecule has 19 heavy (non-hydrogen) atoms. The summed E-state index contributed by atoms with van der Waals surface area (Å²) in [6.07, 6.45) is 0.687. The summed E-state index contributed by atoms with van der Waals surface area (Å²) in [4.78, 5) is 12.5. The maximum atomic E-state index is 14.0. The fourth-order valence-corrected chi connectivity index (χ4v) is 2.50. The molecule has 106 valence electrons. The van der Waals surface area contributed by atoms with Gasteiger partial charge in [-0.1, -0.05) is 18.5 Å². The van der Waals surface area contributed by atoms with Crippen molar-refractivity contribution in [2.45, 2.75) is 18.2 Å². The molecule has 0 bridgehead atoms. The predicted octanol–water partition coefficient (Wildman–Crippen LogP) is 1.61. The van der Waals surface area contributed by atoms with Gasteiger partial charge in [0.25, 0.3) is 5.91 Å². The number of hydrogen-bond acceptors (Lipinski definition) is 3. The number of sulfonamides is 1. The van der Waals surface area contributed by atoms with Gasteiger partial charge in [-0.25, -0.2) is 17.9 Å². The Morgan fingerprint density at radius 2 is 2.05 bits per heavy atom. The molecule has 1 amide bonds. The van der Waals surface area contributed by atoms with E-state index in [1.54, 1.807) is 0 Å². The molecule has 0 radical (unpaired) electrons. The Hall–Kier alpha value is -1.18. The highest BCUT2D eigenvalue weighted by molar-refractivity contribution is 7.89. The van der Waals surface area contributed by atoms with Crippen LogP contribution in [0.4, 0.5) is 4.39 Å². The summed E-state index contributed by atoms with van der Waals surface area (Å²) in [6.45, 7) is 2.27. The average Bonchev–Trinajstić information content (AvgIpc) is 2.29. The van der Waals surface area contributed by atoms with Crippen LogP contribution in [0.3, 0.4) is 0 Å². The first-order valence-electron chi connectivity index (χ1n) is 5.45. The summed E-state index contributed by atoms with van der Waals surface area (Å²) in [5, 5.41) is 4.81. The molecule has 0 aliphatic carbocycles. The summed E-state index contributed by atoms with van der Waals surface area (Å²) in [5.74, 6) is -1.83. The second-order valence-electron chi connectivity index (χ2n) is 4.04. The van der Waals surface area contributed by atoms with E-state index in [0.717, 1.165) is 12.1 Å². The van der Waals surface area contributed by atoms with Crippen molar-refractivity contribution in [1.29, 1.82) is 0 Å². The lowest BCUT2D eigenvalue weighted by molar-refractivity contribution is 0.0790. The van der Waals surface area contributed by atoms with E-state index in [1.165, 1.54) is 11.9 Å². The first-order chi connectivity index (χ1) is 8.68. The molecule has 0 unspecified atom stereocenters. The SMILES string of the molecule is CCCN(C)C(=O)c1cc(Cl)cc(S(N)(=O)=O)c1F. The number of amides is 1. The van der Waals surface area contributed by atoms with E-state index in [4.69, 9.17) is 16.7 Å². The molecule has 1 aromatic carbocycles. The standard InChI is InChI=1S/C11H14ClFN2O3S/c1-3-4-15(2)11(16)8-5-7(12)6-9(10(8)13)19(14,17)18/h5-6H,3-4H2,1-2H3,(H2,14,17,18). The van der Waals surface area contributed by atoms with Crippen molar-refractivity contribution >= 4 is 27.5 Å². The van der Waals surface area contributed by atoms with E-state index in [-0.39, 0.29) is 5.02 Å². The molecule has 0 aliphatic rings. The van der Waals surface area contributed by atoms with Gasteiger partial charge in [0.1, 0.15) is 4.90 Å². The van der Waals surface area contributed by atoms with Crippen molar-refractivity contribution < 1.29 is 17.6 Å². The number of carbonyl (C=O) groups excluding carboxylic acids is 1. The van der Waals surface area contributed by atoms with Gasteiger partial charge in [-0.15, -0.1) is 0 Å². The summed E-state index contributed by atoms with van der Waals surface area (Å²) in [7, 11) is -2.79. The van der Waals surface area contributed by atoms with Gasteiger partial charge in [0.05, 0.1) is 5.56 Å². The molecule has 0 heterocycles. The quantitative estimate of drug-likeness (QED) is 0.917. The highest BCUT2D eigenvalue weighted by Gasteiger charge is 2.24. The number of nitrogens with two attached hydrogens (primary N) is 1. The van der Waals surface area contributed by atoms with E-state index in [0.29, 0.717) is 13.0 Å². The van der Waals surface area contributed by atoms with Crippen LogP contribution >= 0.6 is 11.6 Å². The molecular weight excluding hydrogens is 295 g/mol. The molecule has 1 aromatic rings. The molecule has 0 atom stereocenters. The molecule has 0 spiro atoms. The number of halogens is 2. The van der Waals surface area contributed by atoms with E-state index in [9.17, 15) is 17.6 Å². The minimum atomic E-state index is -4.28. The van der Waals surface area contributed by atoms with Crippen LogP contribution in [0.5, 0.6) is 0 Å². The third kappa shape index (κ3) is 3.65.